The van der Waals surface area contributed by atoms with Gasteiger partial charge in [0.1, 0.15) is 23.6 Å². The fourth-order valence-corrected chi connectivity index (χ4v) is 5.07. The van der Waals surface area contributed by atoms with E-state index < -0.39 is 5.92 Å². The quantitative estimate of drug-likeness (QED) is 0.460. The second-order valence-corrected chi connectivity index (χ2v) is 9.46. The lowest BCUT2D eigenvalue weighted by molar-refractivity contribution is -0.130. The molecule has 2 fully saturated rings. The van der Waals surface area contributed by atoms with Crippen LogP contribution < -0.4 is 25.6 Å². The Morgan fingerprint density at radius 1 is 1.11 bits per heavy atom. The Bertz CT molecular complexity index is 1420. The van der Waals surface area contributed by atoms with Crippen LogP contribution in [-0.2, 0) is 14.4 Å². The molecule has 188 valence electrons. The molecule has 3 aliphatic heterocycles. The zero-order chi connectivity index (χ0) is 25.5. The van der Waals surface area contributed by atoms with Gasteiger partial charge in [-0.1, -0.05) is 0 Å². The molecule has 3 aliphatic rings. The first kappa shape index (κ1) is 23.0. The lowest BCUT2D eigenvalue weighted by atomic mass is 9.94. The topological polar surface area (TPSA) is 126 Å². The highest BCUT2D eigenvalue weighted by molar-refractivity contribution is 6.07. The number of rotatable bonds is 5. The number of hydrogen-bond acceptors (Lipinski definition) is 7. The minimum absolute atomic E-state index is 0.142. The Morgan fingerprint density at radius 2 is 1.97 bits per heavy atom. The van der Waals surface area contributed by atoms with Crippen molar-refractivity contribution in [3.05, 3.63) is 54.5 Å². The average molecular weight is 499 g/mol. The minimum Gasteiger partial charge on any atom is -0.485 e. The van der Waals surface area contributed by atoms with Crippen molar-refractivity contribution in [1.29, 1.82) is 0 Å². The summed E-state index contributed by atoms with van der Waals surface area (Å²) in [6.07, 6.45) is 6.71. The largest absolute Gasteiger partial charge is 0.485 e. The molecule has 10 heteroatoms. The third-order valence-corrected chi connectivity index (χ3v) is 6.96. The van der Waals surface area contributed by atoms with Crippen molar-refractivity contribution < 1.29 is 19.1 Å². The number of carbonyl (C=O) groups excluding carboxylic acids is 3. The Kier molecular flexibility index (Phi) is 5.71. The third-order valence-electron chi connectivity index (χ3n) is 6.96. The highest BCUT2D eigenvalue weighted by Gasteiger charge is 2.31. The molecule has 2 aromatic heterocycles. The summed E-state index contributed by atoms with van der Waals surface area (Å²) < 4.78 is 6.23. The average Bonchev–Trinajstić information content (AvgIpc) is 3.52. The van der Waals surface area contributed by atoms with Crippen molar-refractivity contribution in [3.8, 4) is 16.9 Å². The summed E-state index contributed by atoms with van der Waals surface area (Å²) in [5.41, 5.74) is 4.89. The van der Waals surface area contributed by atoms with Crippen LogP contribution in [0.4, 0.5) is 22.9 Å². The predicted octanol–water partition coefficient (Wildman–Crippen LogP) is 3.54. The molecule has 0 spiro atoms. The van der Waals surface area contributed by atoms with E-state index in [1.54, 1.807) is 12.3 Å². The summed E-state index contributed by atoms with van der Waals surface area (Å²) in [6, 6.07) is 9.56. The van der Waals surface area contributed by atoms with E-state index in [-0.39, 0.29) is 23.8 Å². The summed E-state index contributed by atoms with van der Waals surface area (Å²) in [5.74, 6) is 0.207. The molecule has 3 aromatic rings. The molecule has 0 radical (unpaired) electrons. The summed E-state index contributed by atoms with van der Waals surface area (Å²) in [7, 11) is 0. The number of nitrogens with zero attached hydrogens (tertiary/aromatic N) is 3. The third kappa shape index (κ3) is 4.35. The molecule has 6 rings (SSSR count). The van der Waals surface area contributed by atoms with Crippen molar-refractivity contribution >= 4 is 40.6 Å². The second kappa shape index (κ2) is 9.20. The Labute approximate surface area is 213 Å². The number of carbonyl (C=O) groups is 3. The zero-order valence-corrected chi connectivity index (χ0v) is 20.3. The highest BCUT2D eigenvalue weighted by Crippen LogP contribution is 2.44. The first-order valence-electron chi connectivity index (χ1n) is 12.4. The maximum atomic E-state index is 12.4. The van der Waals surface area contributed by atoms with Crippen molar-refractivity contribution in [2.45, 2.75) is 32.3 Å². The predicted molar refractivity (Wildman–Crippen MR) is 138 cm³/mol. The van der Waals surface area contributed by atoms with Crippen LogP contribution in [0.1, 0.15) is 37.9 Å². The van der Waals surface area contributed by atoms with Gasteiger partial charge < -0.3 is 25.6 Å². The van der Waals surface area contributed by atoms with Crippen LogP contribution in [0.25, 0.3) is 11.1 Å². The molecular weight excluding hydrogens is 472 g/mol. The van der Waals surface area contributed by atoms with E-state index in [1.807, 2.05) is 42.3 Å². The van der Waals surface area contributed by atoms with E-state index in [0.717, 1.165) is 41.1 Å². The Hall–Kier alpha value is -4.47. The molecule has 0 saturated carbocycles. The summed E-state index contributed by atoms with van der Waals surface area (Å²) >= 11 is 0. The highest BCUT2D eigenvalue weighted by atomic mass is 16.5. The van der Waals surface area contributed by atoms with Crippen molar-refractivity contribution in [2.75, 3.05) is 28.6 Å². The van der Waals surface area contributed by atoms with Crippen LogP contribution >= 0.6 is 0 Å². The van der Waals surface area contributed by atoms with E-state index in [1.165, 1.54) is 6.20 Å². The fourth-order valence-electron chi connectivity index (χ4n) is 5.07. The molecule has 10 nitrogen and oxygen atoms in total. The van der Waals surface area contributed by atoms with Gasteiger partial charge in [-0.2, -0.15) is 0 Å². The van der Waals surface area contributed by atoms with Gasteiger partial charge in [0.25, 0.3) is 0 Å². The standard InChI is InChI=1S/C27H26N6O4/c1-15-21-11-24(31-16-9-17(13-28-12-16)32-27(36)20-6-7-29-26(20)35)30-14-22(21)19-5-4-18(10-23(19)37-15)33-8-2-3-25(33)34/h4-5,9-15,20H,2-3,6-8H2,1H3,(H,29,35)(H,30,31)(H,32,36). The normalized spacial score (nSPS) is 20.1. The fraction of sp³-hybridized carbons (Fsp3) is 0.296. The molecule has 2 atom stereocenters. The van der Waals surface area contributed by atoms with Crippen LogP contribution in [-0.4, -0.2) is 40.8 Å². The monoisotopic (exact) mass is 498 g/mol. The van der Waals surface area contributed by atoms with Gasteiger partial charge in [-0.25, -0.2) is 4.98 Å². The first-order chi connectivity index (χ1) is 18.0. The van der Waals surface area contributed by atoms with E-state index in [4.69, 9.17) is 4.74 Å². The molecule has 5 heterocycles. The molecule has 2 saturated heterocycles. The van der Waals surface area contributed by atoms with Gasteiger partial charge in [-0.3, -0.25) is 19.4 Å². The lowest BCUT2D eigenvalue weighted by Crippen LogP contribution is -2.29. The number of aromatic nitrogens is 2. The lowest BCUT2D eigenvalue weighted by Gasteiger charge is -2.28. The van der Waals surface area contributed by atoms with Crippen LogP contribution in [0, 0.1) is 5.92 Å². The molecule has 1 aromatic carbocycles. The molecule has 3 amide bonds. The van der Waals surface area contributed by atoms with Gasteiger partial charge in [-0.15, -0.1) is 0 Å². The first-order valence-corrected chi connectivity index (χ1v) is 12.4. The number of pyridine rings is 2. The summed E-state index contributed by atoms with van der Waals surface area (Å²) in [6.45, 7) is 3.22. The van der Waals surface area contributed by atoms with Gasteiger partial charge in [-0.05, 0) is 44.0 Å². The maximum absolute atomic E-state index is 12.4. The van der Waals surface area contributed by atoms with Crippen molar-refractivity contribution in [3.63, 3.8) is 0 Å². The van der Waals surface area contributed by atoms with Gasteiger partial charge in [0.15, 0.2) is 0 Å². The van der Waals surface area contributed by atoms with Gasteiger partial charge in [0, 0.05) is 54.2 Å². The van der Waals surface area contributed by atoms with Crippen molar-refractivity contribution in [2.24, 2.45) is 5.92 Å². The number of anilines is 4. The van der Waals surface area contributed by atoms with E-state index in [9.17, 15) is 14.4 Å². The van der Waals surface area contributed by atoms with Gasteiger partial charge >= 0.3 is 0 Å². The number of ether oxygens (including phenoxy) is 1. The smallest absolute Gasteiger partial charge is 0.237 e. The molecular formula is C27H26N6O4. The van der Waals surface area contributed by atoms with Crippen LogP contribution in [0.15, 0.2) is 48.9 Å². The Morgan fingerprint density at radius 3 is 2.76 bits per heavy atom. The van der Waals surface area contributed by atoms with E-state index in [0.29, 0.717) is 36.6 Å². The molecule has 3 N–H and O–H groups in total. The number of fused-ring (bicyclic) bond motifs is 3. The molecule has 0 bridgehead atoms. The van der Waals surface area contributed by atoms with Crippen molar-refractivity contribution in [1.82, 2.24) is 15.3 Å². The van der Waals surface area contributed by atoms with Crippen LogP contribution in [0.3, 0.4) is 0 Å². The van der Waals surface area contributed by atoms with Crippen LogP contribution in [0.2, 0.25) is 0 Å². The van der Waals surface area contributed by atoms with Crippen LogP contribution in [0.5, 0.6) is 5.75 Å². The molecule has 0 aliphatic carbocycles. The zero-order valence-electron chi connectivity index (χ0n) is 20.3. The van der Waals surface area contributed by atoms with Gasteiger partial charge in [0.05, 0.1) is 23.8 Å². The molecule has 2 unspecified atom stereocenters. The maximum Gasteiger partial charge on any atom is 0.237 e. The summed E-state index contributed by atoms with van der Waals surface area (Å²) in [5, 5.41) is 8.68. The van der Waals surface area contributed by atoms with Gasteiger partial charge in [0.2, 0.25) is 17.7 Å². The second-order valence-electron chi connectivity index (χ2n) is 9.46. The molecule has 37 heavy (non-hydrogen) atoms. The number of benzene rings is 1. The Balaban J connectivity index is 1.21. The van der Waals surface area contributed by atoms with E-state index >= 15 is 0 Å². The van der Waals surface area contributed by atoms with E-state index in [2.05, 4.69) is 25.9 Å². The minimum atomic E-state index is -0.685. The number of hydrogen-bond donors (Lipinski definition) is 3. The summed E-state index contributed by atoms with van der Waals surface area (Å²) in [4.78, 5) is 47.0. The number of nitrogens with one attached hydrogen (secondary N) is 3. The number of amides is 3. The SMILES string of the molecule is CC1Oc2cc(N3CCCC3=O)ccc2-c2cnc(Nc3cncc(NC(=O)C4CCNC4=O)c3)cc21.